The minimum absolute atomic E-state index is 0.138. The van der Waals surface area contributed by atoms with E-state index < -0.39 is 0 Å². The molecule has 0 aliphatic rings. The van der Waals surface area contributed by atoms with Crippen LogP contribution in [0.4, 0.5) is 5.13 Å². The predicted octanol–water partition coefficient (Wildman–Crippen LogP) is 5.89. The van der Waals surface area contributed by atoms with Gasteiger partial charge in [-0.1, -0.05) is 35.6 Å². The monoisotopic (exact) mass is 393 g/mol. The van der Waals surface area contributed by atoms with Crippen LogP contribution >= 0.6 is 34.0 Å². The summed E-state index contributed by atoms with van der Waals surface area (Å²) in [6.45, 7) is 0. The molecule has 3 heterocycles. The summed E-state index contributed by atoms with van der Waals surface area (Å²) >= 11 is 4.57. The van der Waals surface area contributed by atoms with E-state index in [2.05, 4.69) is 21.4 Å². The summed E-state index contributed by atoms with van der Waals surface area (Å²) in [7, 11) is 0. The average Bonchev–Trinajstić information content (AvgIpc) is 3.37. The Hall–Kier alpha value is -2.61. The molecule has 5 aromatic rings. The number of thiazole rings is 2. The van der Waals surface area contributed by atoms with Crippen molar-refractivity contribution in [3.63, 3.8) is 0 Å². The number of amides is 1. The van der Waals surface area contributed by atoms with Gasteiger partial charge in [0.25, 0.3) is 5.91 Å². The lowest BCUT2D eigenvalue weighted by molar-refractivity contribution is 0.103. The van der Waals surface area contributed by atoms with Crippen molar-refractivity contribution in [1.82, 2.24) is 9.97 Å². The molecule has 0 fully saturated rings. The first-order chi connectivity index (χ1) is 12.8. The molecule has 0 radical (unpaired) electrons. The van der Waals surface area contributed by atoms with Gasteiger partial charge in [-0.15, -0.1) is 22.7 Å². The van der Waals surface area contributed by atoms with E-state index in [-0.39, 0.29) is 5.91 Å². The number of thiophene rings is 1. The van der Waals surface area contributed by atoms with Crippen LogP contribution in [-0.4, -0.2) is 15.9 Å². The fraction of sp³-hybridized carbons (Fsp3) is 0. The van der Waals surface area contributed by atoms with Crippen molar-refractivity contribution in [2.75, 3.05) is 5.32 Å². The van der Waals surface area contributed by atoms with Gasteiger partial charge in [0.15, 0.2) is 5.13 Å². The molecule has 3 aromatic heterocycles. The Morgan fingerprint density at radius 3 is 2.19 bits per heavy atom. The zero-order chi connectivity index (χ0) is 17.5. The van der Waals surface area contributed by atoms with Gasteiger partial charge < -0.3 is 0 Å². The van der Waals surface area contributed by atoms with Crippen molar-refractivity contribution in [3.8, 4) is 9.88 Å². The molecule has 0 atom stereocenters. The second-order valence-corrected chi connectivity index (χ2v) is 8.74. The largest absolute Gasteiger partial charge is 0.297 e. The van der Waals surface area contributed by atoms with Crippen molar-refractivity contribution >= 4 is 65.5 Å². The second kappa shape index (κ2) is 6.28. The Balaban J connectivity index is 1.41. The number of fused-ring (bicyclic) bond motifs is 2. The molecule has 5 rings (SSSR count). The van der Waals surface area contributed by atoms with Gasteiger partial charge in [0, 0.05) is 0 Å². The first-order valence-electron chi connectivity index (χ1n) is 7.89. The number of anilines is 1. The predicted molar refractivity (Wildman–Crippen MR) is 111 cm³/mol. The lowest BCUT2D eigenvalue weighted by Gasteiger charge is -1.97. The number of aromatic nitrogens is 2. The fourth-order valence-electron chi connectivity index (χ4n) is 2.64. The van der Waals surface area contributed by atoms with Crippen LogP contribution in [0.25, 0.3) is 30.3 Å². The maximum absolute atomic E-state index is 12.6. The van der Waals surface area contributed by atoms with Gasteiger partial charge in [0.05, 0.1) is 30.2 Å². The molecule has 0 saturated carbocycles. The van der Waals surface area contributed by atoms with Gasteiger partial charge in [-0.05, 0) is 36.4 Å². The summed E-state index contributed by atoms with van der Waals surface area (Å²) in [6, 6.07) is 19.7. The average molecular weight is 394 g/mol. The van der Waals surface area contributed by atoms with Gasteiger partial charge in [-0.3, -0.25) is 10.1 Å². The Kier molecular flexibility index (Phi) is 3.77. The minimum Gasteiger partial charge on any atom is -0.297 e. The van der Waals surface area contributed by atoms with E-state index >= 15 is 0 Å². The van der Waals surface area contributed by atoms with E-state index in [1.165, 1.54) is 22.7 Å². The Bertz CT molecular complexity index is 1190. The van der Waals surface area contributed by atoms with Crippen molar-refractivity contribution in [1.29, 1.82) is 0 Å². The third-order valence-electron chi connectivity index (χ3n) is 3.85. The van der Waals surface area contributed by atoms with E-state index in [1.54, 1.807) is 11.3 Å². The molecule has 4 nitrogen and oxygen atoms in total. The first-order valence-corrected chi connectivity index (χ1v) is 10.3. The third-order valence-corrected chi connectivity index (χ3v) is 7.09. The van der Waals surface area contributed by atoms with Gasteiger partial charge in [-0.2, -0.15) is 0 Å². The van der Waals surface area contributed by atoms with Gasteiger partial charge in [0.1, 0.15) is 5.01 Å². The smallest absolute Gasteiger partial charge is 0.267 e. The number of benzene rings is 2. The molecule has 1 N–H and O–H groups in total. The fourth-order valence-corrected chi connectivity index (χ4v) is 5.42. The number of nitrogens with zero attached hydrogens (tertiary/aromatic N) is 2. The van der Waals surface area contributed by atoms with Crippen LogP contribution in [0.15, 0.2) is 60.7 Å². The lowest BCUT2D eigenvalue weighted by atomic mass is 10.3. The minimum atomic E-state index is -0.138. The first kappa shape index (κ1) is 15.6. The maximum Gasteiger partial charge on any atom is 0.267 e. The number of nitrogens with one attached hydrogen (secondary N) is 1. The molecule has 0 aliphatic carbocycles. The van der Waals surface area contributed by atoms with Crippen molar-refractivity contribution in [2.45, 2.75) is 0 Å². The summed E-state index contributed by atoms with van der Waals surface area (Å²) < 4.78 is 2.21. The lowest BCUT2D eigenvalue weighted by Crippen LogP contribution is -2.09. The van der Waals surface area contributed by atoms with Crippen molar-refractivity contribution in [2.24, 2.45) is 0 Å². The van der Waals surface area contributed by atoms with Crippen molar-refractivity contribution in [3.05, 3.63) is 65.5 Å². The molecule has 0 saturated heterocycles. The number of carbonyl (C=O) groups is 1. The molecule has 7 heteroatoms. The van der Waals surface area contributed by atoms with Gasteiger partial charge >= 0.3 is 0 Å². The second-order valence-electron chi connectivity index (χ2n) is 5.59. The molecule has 0 aliphatic heterocycles. The molecular weight excluding hydrogens is 382 g/mol. The number of para-hydroxylation sites is 2. The molecule has 0 bridgehead atoms. The highest BCUT2D eigenvalue weighted by Crippen LogP contribution is 2.35. The third kappa shape index (κ3) is 2.80. The van der Waals surface area contributed by atoms with E-state index in [4.69, 9.17) is 0 Å². The zero-order valence-corrected chi connectivity index (χ0v) is 15.8. The molecule has 0 unspecified atom stereocenters. The SMILES string of the molecule is O=C(Nc1nc2ccccc2s1)c1ccc(-c2nc3ccccc3s2)s1. The van der Waals surface area contributed by atoms with Crippen LogP contribution in [0, 0.1) is 0 Å². The molecule has 1 amide bonds. The van der Waals surface area contributed by atoms with E-state index in [1.807, 2.05) is 54.6 Å². The molecule has 2 aromatic carbocycles. The molecule has 126 valence electrons. The van der Waals surface area contributed by atoms with Crippen LogP contribution < -0.4 is 5.32 Å². The quantitative estimate of drug-likeness (QED) is 0.416. The zero-order valence-electron chi connectivity index (χ0n) is 13.3. The summed E-state index contributed by atoms with van der Waals surface area (Å²) in [5.74, 6) is -0.138. The molecule has 0 spiro atoms. The summed E-state index contributed by atoms with van der Waals surface area (Å²) in [5, 5.41) is 4.46. The molecular formula is C19H11N3OS3. The van der Waals surface area contributed by atoms with Gasteiger partial charge in [0.2, 0.25) is 0 Å². The summed E-state index contributed by atoms with van der Waals surface area (Å²) in [5.41, 5.74) is 1.88. The summed E-state index contributed by atoms with van der Waals surface area (Å²) in [4.78, 5) is 23.3. The molecule has 26 heavy (non-hydrogen) atoms. The number of hydrogen-bond acceptors (Lipinski definition) is 6. The highest BCUT2D eigenvalue weighted by Gasteiger charge is 2.15. The van der Waals surface area contributed by atoms with Crippen LogP contribution in [0.2, 0.25) is 0 Å². The van der Waals surface area contributed by atoms with E-state index in [0.29, 0.717) is 10.0 Å². The maximum atomic E-state index is 12.6. The topological polar surface area (TPSA) is 54.9 Å². The van der Waals surface area contributed by atoms with Gasteiger partial charge in [-0.25, -0.2) is 9.97 Å². The van der Waals surface area contributed by atoms with Crippen LogP contribution in [0.1, 0.15) is 9.67 Å². The highest BCUT2D eigenvalue weighted by atomic mass is 32.1. The number of carbonyl (C=O) groups excluding carboxylic acids is 1. The van der Waals surface area contributed by atoms with Crippen LogP contribution in [0.5, 0.6) is 0 Å². The standard InChI is InChI=1S/C19H11N3OS3/c23-17(22-19-21-12-6-2-4-8-14(12)26-19)15-9-10-16(24-15)18-20-11-5-1-3-7-13(11)25-18/h1-10H,(H,21,22,23). The normalized spacial score (nSPS) is 11.2. The van der Waals surface area contributed by atoms with Crippen molar-refractivity contribution < 1.29 is 4.79 Å². The van der Waals surface area contributed by atoms with E-state index in [0.717, 1.165) is 30.3 Å². The van der Waals surface area contributed by atoms with E-state index in [9.17, 15) is 4.79 Å². The van der Waals surface area contributed by atoms with Crippen LogP contribution in [-0.2, 0) is 0 Å². The Morgan fingerprint density at radius 2 is 1.46 bits per heavy atom. The summed E-state index contributed by atoms with van der Waals surface area (Å²) in [6.07, 6.45) is 0. The highest BCUT2D eigenvalue weighted by molar-refractivity contribution is 7.26. The number of rotatable bonds is 3. The Labute approximate surface area is 160 Å². The Morgan fingerprint density at radius 1 is 0.769 bits per heavy atom. The number of hydrogen-bond donors (Lipinski definition) is 1. The van der Waals surface area contributed by atoms with Crippen LogP contribution in [0.3, 0.4) is 0 Å².